The number of nitriles is 1. The molecule has 0 aromatic carbocycles. The minimum Gasteiger partial charge on any atom is -0.377 e. The van der Waals surface area contributed by atoms with Crippen LogP contribution in [-0.4, -0.2) is 43.7 Å². The second-order valence-corrected chi connectivity index (χ2v) is 4.43. The van der Waals surface area contributed by atoms with E-state index < -0.39 is 6.04 Å². The summed E-state index contributed by atoms with van der Waals surface area (Å²) in [5.74, 6) is 0.362. The average molecular weight is 281 g/mol. The first-order valence-corrected chi connectivity index (χ1v) is 6.17. The van der Waals surface area contributed by atoms with Crippen molar-refractivity contribution in [3.8, 4) is 6.07 Å². The summed E-state index contributed by atoms with van der Waals surface area (Å²) in [4.78, 5) is 17.8. The Morgan fingerprint density at radius 1 is 1.68 bits per heavy atom. The summed E-state index contributed by atoms with van der Waals surface area (Å²) in [6.45, 7) is 1.32. The number of morpholine rings is 1. The molecule has 0 radical (unpaired) electrons. The SMILES string of the molecule is CNC(=O)C1COCCN1c1cc(C#N)cc(Cl)n1. The van der Waals surface area contributed by atoms with Gasteiger partial charge in [0.15, 0.2) is 0 Å². The van der Waals surface area contributed by atoms with Crippen LogP contribution < -0.4 is 10.2 Å². The summed E-state index contributed by atoms with van der Waals surface area (Å²) >= 11 is 5.89. The first-order chi connectivity index (χ1) is 9.15. The van der Waals surface area contributed by atoms with Gasteiger partial charge in [-0.05, 0) is 12.1 Å². The second kappa shape index (κ2) is 5.87. The molecular weight excluding hydrogens is 268 g/mol. The number of hydrogen-bond acceptors (Lipinski definition) is 5. The molecule has 7 heteroatoms. The van der Waals surface area contributed by atoms with Gasteiger partial charge in [-0.25, -0.2) is 4.98 Å². The van der Waals surface area contributed by atoms with Crippen molar-refractivity contribution in [2.45, 2.75) is 6.04 Å². The molecule has 0 bridgehead atoms. The van der Waals surface area contributed by atoms with E-state index in [2.05, 4.69) is 10.3 Å². The van der Waals surface area contributed by atoms with Crippen LogP contribution in [0.2, 0.25) is 5.15 Å². The number of ether oxygens (including phenoxy) is 1. The Balaban J connectivity index is 2.35. The number of anilines is 1. The van der Waals surface area contributed by atoms with Crippen molar-refractivity contribution in [2.24, 2.45) is 0 Å². The lowest BCUT2D eigenvalue weighted by molar-refractivity contribution is -0.124. The molecule has 0 spiro atoms. The summed E-state index contributed by atoms with van der Waals surface area (Å²) in [7, 11) is 1.57. The number of nitrogens with one attached hydrogen (secondary N) is 1. The maximum Gasteiger partial charge on any atom is 0.244 e. The van der Waals surface area contributed by atoms with Gasteiger partial charge in [-0.2, -0.15) is 5.26 Å². The van der Waals surface area contributed by atoms with Crippen LogP contribution in [0.4, 0.5) is 5.82 Å². The number of nitrogens with zero attached hydrogens (tertiary/aromatic N) is 3. The summed E-state index contributed by atoms with van der Waals surface area (Å²) < 4.78 is 5.32. The smallest absolute Gasteiger partial charge is 0.244 e. The lowest BCUT2D eigenvalue weighted by Gasteiger charge is -2.35. The predicted molar refractivity (Wildman–Crippen MR) is 70.0 cm³/mol. The first kappa shape index (κ1) is 13.6. The van der Waals surface area contributed by atoms with Gasteiger partial charge in [-0.1, -0.05) is 11.6 Å². The lowest BCUT2D eigenvalue weighted by Crippen LogP contribution is -2.53. The van der Waals surface area contributed by atoms with Gasteiger partial charge in [0.25, 0.3) is 0 Å². The third-order valence-electron chi connectivity index (χ3n) is 2.88. The van der Waals surface area contributed by atoms with E-state index in [-0.39, 0.29) is 17.7 Å². The van der Waals surface area contributed by atoms with Crippen molar-refractivity contribution < 1.29 is 9.53 Å². The molecule has 1 aliphatic heterocycles. The molecule has 1 aromatic heterocycles. The molecule has 1 atom stereocenters. The molecular formula is C12H13ClN4O2. The molecule has 0 saturated carbocycles. The third kappa shape index (κ3) is 2.95. The lowest BCUT2D eigenvalue weighted by atomic mass is 10.2. The molecule has 0 aliphatic carbocycles. The minimum absolute atomic E-state index is 0.153. The molecule has 100 valence electrons. The molecule has 1 fully saturated rings. The van der Waals surface area contributed by atoms with E-state index in [1.807, 2.05) is 6.07 Å². The van der Waals surface area contributed by atoms with Crippen molar-refractivity contribution >= 4 is 23.3 Å². The zero-order valence-electron chi connectivity index (χ0n) is 10.4. The van der Waals surface area contributed by atoms with Crippen LogP contribution in [0.5, 0.6) is 0 Å². The summed E-state index contributed by atoms with van der Waals surface area (Å²) in [6.07, 6.45) is 0. The number of halogens is 1. The highest BCUT2D eigenvalue weighted by atomic mass is 35.5. The van der Waals surface area contributed by atoms with E-state index in [0.29, 0.717) is 24.5 Å². The van der Waals surface area contributed by atoms with Gasteiger partial charge in [-0.15, -0.1) is 0 Å². The fourth-order valence-corrected chi connectivity index (χ4v) is 2.16. The van der Waals surface area contributed by atoms with Gasteiger partial charge in [0.05, 0.1) is 24.8 Å². The number of likely N-dealkylation sites (N-methyl/N-ethyl adjacent to an activating group) is 1. The molecule has 19 heavy (non-hydrogen) atoms. The van der Waals surface area contributed by atoms with E-state index >= 15 is 0 Å². The molecule has 1 N–H and O–H groups in total. The molecule has 2 heterocycles. The third-order valence-corrected chi connectivity index (χ3v) is 3.08. The van der Waals surface area contributed by atoms with Crippen LogP contribution in [0.1, 0.15) is 5.56 Å². The van der Waals surface area contributed by atoms with Crippen LogP contribution in [0, 0.1) is 11.3 Å². The summed E-state index contributed by atoms with van der Waals surface area (Å²) in [5.41, 5.74) is 0.414. The number of rotatable bonds is 2. The zero-order valence-corrected chi connectivity index (χ0v) is 11.1. The molecule has 2 rings (SSSR count). The number of pyridine rings is 1. The van der Waals surface area contributed by atoms with Crippen molar-refractivity contribution in [1.29, 1.82) is 5.26 Å². The van der Waals surface area contributed by atoms with E-state index in [9.17, 15) is 4.79 Å². The van der Waals surface area contributed by atoms with E-state index in [4.69, 9.17) is 21.6 Å². The fraction of sp³-hybridized carbons (Fsp3) is 0.417. The monoisotopic (exact) mass is 280 g/mol. The van der Waals surface area contributed by atoms with Gasteiger partial charge >= 0.3 is 0 Å². The van der Waals surface area contributed by atoms with Crippen molar-refractivity contribution in [3.05, 3.63) is 22.8 Å². The summed E-state index contributed by atoms with van der Waals surface area (Å²) in [6, 6.07) is 4.67. The molecule has 1 saturated heterocycles. The van der Waals surface area contributed by atoms with Crippen LogP contribution in [0.15, 0.2) is 12.1 Å². The average Bonchev–Trinajstić information content (AvgIpc) is 2.45. The van der Waals surface area contributed by atoms with Crippen molar-refractivity contribution in [3.63, 3.8) is 0 Å². The Morgan fingerprint density at radius 2 is 2.47 bits per heavy atom. The van der Waals surface area contributed by atoms with Crippen molar-refractivity contribution in [1.82, 2.24) is 10.3 Å². The molecule has 1 unspecified atom stereocenters. The Labute approximate surface area is 115 Å². The van der Waals surface area contributed by atoms with Crippen LogP contribution >= 0.6 is 11.6 Å². The number of aromatic nitrogens is 1. The molecule has 1 amide bonds. The number of hydrogen-bond donors (Lipinski definition) is 1. The highest BCUT2D eigenvalue weighted by Gasteiger charge is 2.30. The maximum absolute atomic E-state index is 11.8. The van der Waals surface area contributed by atoms with Gasteiger partial charge in [0.2, 0.25) is 5.91 Å². The van der Waals surface area contributed by atoms with Gasteiger partial charge in [0.1, 0.15) is 17.0 Å². The Hall–Kier alpha value is -1.84. The molecule has 1 aliphatic rings. The van der Waals surface area contributed by atoms with E-state index in [1.54, 1.807) is 18.0 Å². The van der Waals surface area contributed by atoms with Gasteiger partial charge in [-0.3, -0.25) is 4.79 Å². The highest BCUT2D eigenvalue weighted by molar-refractivity contribution is 6.29. The Kier molecular flexibility index (Phi) is 4.20. The minimum atomic E-state index is -0.462. The van der Waals surface area contributed by atoms with E-state index in [1.165, 1.54) is 6.07 Å². The second-order valence-electron chi connectivity index (χ2n) is 4.05. The maximum atomic E-state index is 11.8. The zero-order chi connectivity index (χ0) is 13.8. The van der Waals surface area contributed by atoms with Crippen LogP contribution in [0.3, 0.4) is 0 Å². The number of carbonyl (C=O) groups is 1. The number of carbonyl (C=O) groups excluding carboxylic acids is 1. The number of amides is 1. The largest absolute Gasteiger partial charge is 0.377 e. The van der Waals surface area contributed by atoms with E-state index in [0.717, 1.165) is 0 Å². The van der Waals surface area contributed by atoms with Gasteiger partial charge in [0, 0.05) is 13.6 Å². The standard InChI is InChI=1S/C12H13ClN4O2/c1-15-12(18)9-7-19-3-2-17(9)11-5-8(6-14)4-10(13)16-11/h4-5,9H,2-3,7H2,1H3,(H,15,18). The fourth-order valence-electron chi connectivity index (χ4n) is 1.96. The Bertz CT molecular complexity index is 529. The quantitative estimate of drug-likeness (QED) is 0.801. The van der Waals surface area contributed by atoms with Crippen LogP contribution in [-0.2, 0) is 9.53 Å². The predicted octanol–water partition coefficient (Wildman–Crippen LogP) is 0.558. The molecule has 1 aromatic rings. The van der Waals surface area contributed by atoms with Gasteiger partial charge < -0.3 is 15.0 Å². The summed E-state index contributed by atoms with van der Waals surface area (Å²) in [5, 5.41) is 11.8. The highest BCUT2D eigenvalue weighted by Crippen LogP contribution is 2.21. The van der Waals surface area contributed by atoms with Crippen molar-refractivity contribution in [2.75, 3.05) is 31.7 Å². The first-order valence-electron chi connectivity index (χ1n) is 5.79. The topological polar surface area (TPSA) is 78.2 Å². The normalized spacial score (nSPS) is 18.8. The van der Waals surface area contributed by atoms with Crippen LogP contribution in [0.25, 0.3) is 0 Å². The molecule has 6 nitrogen and oxygen atoms in total. The Morgan fingerprint density at radius 3 is 3.16 bits per heavy atom.